The summed E-state index contributed by atoms with van der Waals surface area (Å²) in [6, 6.07) is 7.84. The van der Waals surface area contributed by atoms with E-state index in [2.05, 4.69) is 10.6 Å². The molecule has 104 valence electrons. The van der Waals surface area contributed by atoms with Crippen molar-refractivity contribution in [2.45, 2.75) is 25.8 Å². The smallest absolute Gasteiger partial charge is 0.224 e. The van der Waals surface area contributed by atoms with Gasteiger partial charge in [0.1, 0.15) is 5.75 Å². The van der Waals surface area contributed by atoms with Gasteiger partial charge in [0.05, 0.1) is 19.1 Å². The molecule has 1 amide bonds. The van der Waals surface area contributed by atoms with Gasteiger partial charge in [-0.2, -0.15) is 0 Å². The fourth-order valence-corrected chi connectivity index (χ4v) is 2.38. The minimum absolute atomic E-state index is 0.0281. The van der Waals surface area contributed by atoms with Crippen LogP contribution in [0.1, 0.15) is 31.4 Å². The summed E-state index contributed by atoms with van der Waals surface area (Å²) in [7, 11) is 1.65. The second kappa shape index (κ2) is 6.57. The summed E-state index contributed by atoms with van der Waals surface area (Å²) in [6.07, 6.45) is 2.06. The summed E-state index contributed by atoms with van der Waals surface area (Å²) in [5, 5.41) is 6.35. The highest BCUT2D eigenvalue weighted by molar-refractivity contribution is 5.79. The number of amides is 1. The zero-order valence-corrected chi connectivity index (χ0v) is 11.6. The second-order valence-electron chi connectivity index (χ2n) is 5.05. The van der Waals surface area contributed by atoms with Crippen molar-refractivity contribution in [3.8, 4) is 5.75 Å². The molecule has 1 aromatic carbocycles. The molecule has 1 heterocycles. The summed E-state index contributed by atoms with van der Waals surface area (Å²) >= 11 is 0. The van der Waals surface area contributed by atoms with Crippen molar-refractivity contribution in [3.05, 3.63) is 29.8 Å². The lowest BCUT2D eigenvalue weighted by Gasteiger charge is -2.24. The van der Waals surface area contributed by atoms with Gasteiger partial charge in [0.15, 0.2) is 0 Å². The van der Waals surface area contributed by atoms with Gasteiger partial charge in [0.2, 0.25) is 5.91 Å². The Morgan fingerprint density at radius 2 is 2.16 bits per heavy atom. The van der Waals surface area contributed by atoms with Crippen molar-refractivity contribution in [1.29, 1.82) is 0 Å². The van der Waals surface area contributed by atoms with E-state index in [1.165, 1.54) is 0 Å². The molecule has 19 heavy (non-hydrogen) atoms. The van der Waals surface area contributed by atoms with Gasteiger partial charge in [-0.15, -0.1) is 0 Å². The van der Waals surface area contributed by atoms with Crippen molar-refractivity contribution in [2.24, 2.45) is 5.92 Å². The number of ether oxygens (including phenoxy) is 1. The minimum atomic E-state index is 0.0281. The van der Waals surface area contributed by atoms with Crippen LogP contribution < -0.4 is 15.4 Å². The molecule has 1 aliphatic heterocycles. The van der Waals surface area contributed by atoms with E-state index < -0.39 is 0 Å². The molecule has 1 fully saturated rings. The van der Waals surface area contributed by atoms with Crippen LogP contribution in [0.2, 0.25) is 0 Å². The molecule has 0 spiro atoms. The van der Waals surface area contributed by atoms with Gasteiger partial charge in [0.25, 0.3) is 0 Å². The maximum Gasteiger partial charge on any atom is 0.224 e. The van der Waals surface area contributed by atoms with E-state index in [9.17, 15) is 4.79 Å². The summed E-state index contributed by atoms with van der Waals surface area (Å²) in [5.41, 5.74) is 1.10. The molecule has 4 nitrogen and oxygen atoms in total. The first-order chi connectivity index (χ1) is 9.20. The first kappa shape index (κ1) is 13.9. The van der Waals surface area contributed by atoms with Gasteiger partial charge in [0, 0.05) is 6.54 Å². The number of carbonyl (C=O) groups is 1. The molecule has 1 aromatic rings. The van der Waals surface area contributed by atoms with Gasteiger partial charge in [-0.3, -0.25) is 4.79 Å². The lowest BCUT2D eigenvalue weighted by molar-refractivity contribution is -0.126. The van der Waals surface area contributed by atoms with E-state index in [4.69, 9.17) is 4.74 Å². The molecule has 0 saturated carbocycles. The maximum atomic E-state index is 12.1. The Hall–Kier alpha value is -1.55. The highest BCUT2D eigenvalue weighted by atomic mass is 16.5. The highest BCUT2D eigenvalue weighted by Gasteiger charge is 2.22. The molecule has 0 bridgehead atoms. The average Bonchev–Trinajstić information content (AvgIpc) is 2.48. The van der Waals surface area contributed by atoms with E-state index in [-0.39, 0.29) is 17.9 Å². The Kier molecular flexibility index (Phi) is 4.80. The van der Waals surface area contributed by atoms with Crippen molar-refractivity contribution in [2.75, 3.05) is 20.2 Å². The van der Waals surface area contributed by atoms with Gasteiger partial charge >= 0.3 is 0 Å². The standard InChI is InChI=1S/C15H22N2O2/c1-11(12-5-7-14(19-2)8-6-12)17-15(18)13-4-3-9-16-10-13/h5-8,11,13,16H,3-4,9-10H2,1-2H3,(H,17,18)/t11-,13+/m0/s1. The minimum Gasteiger partial charge on any atom is -0.497 e. The Labute approximate surface area is 114 Å². The topological polar surface area (TPSA) is 50.4 Å². The molecule has 1 saturated heterocycles. The molecule has 0 aromatic heterocycles. The summed E-state index contributed by atoms with van der Waals surface area (Å²) in [6.45, 7) is 3.83. The number of benzene rings is 1. The molecule has 2 atom stereocenters. The Bertz CT molecular complexity index is 411. The summed E-state index contributed by atoms with van der Waals surface area (Å²) in [4.78, 5) is 12.1. The zero-order chi connectivity index (χ0) is 13.7. The van der Waals surface area contributed by atoms with E-state index in [0.717, 1.165) is 37.2 Å². The largest absolute Gasteiger partial charge is 0.497 e. The number of hydrogen-bond acceptors (Lipinski definition) is 3. The van der Waals surface area contributed by atoms with E-state index in [1.807, 2.05) is 31.2 Å². The van der Waals surface area contributed by atoms with Crippen LogP contribution >= 0.6 is 0 Å². The van der Waals surface area contributed by atoms with Crippen molar-refractivity contribution in [1.82, 2.24) is 10.6 Å². The van der Waals surface area contributed by atoms with Crippen LogP contribution in [-0.4, -0.2) is 26.1 Å². The monoisotopic (exact) mass is 262 g/mol. The fraction of sp³-hybridized carbons (Fsp3) is 0.533. The van der Waals surface area contributed by atoms with Gasteiger partial charge < -0.3 is 15.4 Å². The lowest BCUT2D eigenvalue weighted by atomic mass is 9.98. The number of piperidine rings is 1. The van der Waals surface area contributed by atoms with Crippen molar-refractivity contribution < 1.29 is 9.53 Å². The Morgan fingerprint density at radius 3 is 2.74 bits per heavy atom. The molecule has 0 unspecified atom stereocenters. The second-order valence-corrected chi connectivity index (χ2v) is 5.05. The van der Waals surface area contributed by atoms with Crippen LogP contribution in [0.4, 0.5) is 0 Å². The van der Waals surface area contributed by atoms with E-state index in [0.29, 0.717) is 0 Å². The van der Waals surface area contributed by atoms with Gasteiger partial charge in [-0.1, -0.05) is 12.1 Å². The molecule has 1 aliphatic rings. The first-order valence-electron chi connectivity index (χ1n) is 6.85. The number of methoxy groups -OCH3 is 1. The third-order valence-corrected chi connectivity index (χ3v) is 3.64. The van der Waals surface area contributed by atoms with E-state index in [1.54, 1.807) is 7.11 Å². The van der Waals surface area contributed by atoms with Crippen LogP contribution in [0.5, 0.6) is 5.75 Å². The number of carbonyl (C=O) groups excluding carboxylic acids is 1. The predicted molar refractivity (Wildman–Crippen MR) is 75.1 cm³/mol. The summed E-state index contributed by atoms with van der Waals surface area (Å²) < 4.78 is 5.13. The average molecular weight is 262 g/mol. The quantitative estimate of drug-likeness (QED) is 0.871. The number of rotatable bonds is 4. The molecule has 0 aliphatic carbocycles. The van der Waals surface area contributed by atoms with Crippen molar-refractivity contribution >= 4 is 5.91 Å². The molecular weight excluding hydrogens is 240 g/mol. The molecule has 4 heteroatoms. The third-order valence-electron chi connectivity index (χ3n) is 3.64. The van der Waals surface area contributed by atoms with E-state index >= 15 is 0 Å². The Balaban J connectivity index is 1.91. The highest BCUT2D eigenvalue weighted by Crippen LogP contribution is 2.18. The number of nitrogens with one attached hydrogen (secondary N) is 2. The van der Waals surface area contributed by atoms with Crippen LogP contribution in [-0.2, 0) is 4.79 Å². The van der Waals surface area contributed by atoms with Crippen LogP contribution in [0.25, 0.3) is 0 Å². The molecule has 0 radical (unpaired) electrons. The first-order valence-corrected chi connectivity index (χ1v) is 6.85. The lowest BCUT2D eigenvalue weighted by Crippen LogP contribution is -2.41. The van der Waals surface area contributed by atoms with Gasteiger partial charge in [-0.05, 0) is 44.0 Å². The fourth-order valence-electron chi connectivity index (χ4n) is 2.38. The van der Waals surface area contributed by atoms with Crippen molar-refractivity contribution in [3.63, 3.8) is 0 Å². The van der Waals surface area contributed by atoms with Crippen LogP contribution in [0.15, 0.2) is 24.3 Å². The zero-order valence-electron chi connectivity index (χ0n) is 11.6. The predicted octanol–water partition coefficient (Wildman–Crippen LogP) is 1.87. The molecule has 2 rings (SSSR count). The maximum absolute atomic E-state index is 12.1. The van der Waals surface area contributed by atoms with Crippen LogP contribution in [0.3, 0.4) is 0 Å². The SMILES string of the molecule is COc1ccc([C@H](C)NC(=O)[C@@H]2CCCNC2)cc1. The molecular formula is C15H22N2O2. The van der Waals surface area contributed by atoms with Gasteiger partial charge in [-0.25, -0.2) is 0 Å². The molecule has 2 N–H and O–H groups in total. The normalized spacial score (nSPS) is 20.6. The third kappa shape index (κ3) is 3.70. The Morgan fingerprint density at radius 1 is 1.42 bits per heavy atom. The summed E-state index contributed by atoms with van der Waals surface area (Å²) in [5.74, 6) is 1.09. The number of hydrogen-bond donors (Lipinski definition) is 2. The van der Waals surface area contributed by atoms with Crippen LogP contribution in [0, 0.1) is 5.92 Å².